The minimum Gasteiger partial charge on any atom is -0.478 e. The zero-order chi connectivity index (χ0) is 17.3. The molecule has 2 heteroatoms. The van der Waals surface area contributed by atoms with Gasteiger partial charge in [-0.1, -0.05) is 59.9 Å². The Hall–Kier alpha value is -1.31. The molecule has 128 valence electrons. The highest BCUT2D eigenvalue weighted by Crippen LogP contribution is 2.46. The predicted octanol–water partition coefficient (Wildman–Crippen LogP) is 5.86. The van der Waals surface area contributed by atoms with E-state index in [1.165, 1.54) is 30.4 Å². The van der Waals surface area contributed by atoms with E-state index in [2.05, 4.69) is 40.7 Å². The Labute approximate surface area is 141 Å². The smallest absolute Gasteiger partial charge is 0.335 e. The molecule has 0 saturated carbocycles. The number of aryl methyl sites for hydroxylation is 1. The van der Waals surface area contributed by atoms with Crippen molar-refractivity contribution in [3.63, 3.8) is 0 Å². The number of benzene rings is 1. The molecular formula is C21H32O2. The van der Waals surface area contributed by atoms with Crippen LogP contribution in [-0.4, -0.2) is 11.1 Å². The van der Waals surface area contributed by atoms with Gasteiger partial charge in [0.15, 0.2) is 0 Å². The number of hydrogen-bond donors (Lipinski definition) is 1. The maximum absolute atomic E-state index is 11.8. The van der Waals surface area contributed by atoms with E-state index in [9.17, 15) is 9.90 Å². The second kappa shape index (κ2) is 6.67. The van der Waals surface area contributed by atoms with Gasteiger partial charge >= 0.3 is 5.97 Å². The van der Waals surface area contributed by atoms with Gasteiger partial charge in [-0.2, -0.15) is 0 Å². The van der Waals surface area contributed by atoms with Crippen molar-refractivity contribution in [2.24, 2.45) is 0 Å². The van der Waals surface area contributed by atoms with E-state index in [4.69, 9.17) is 0 Å². The number of aromatic carboxylic acids is 1. The number of hydrogen-bond acceptors (Lipinski definition) is 1. The molecule has 0 heterocycles. The van der Waals surface area contributed by atoms with Crippen LogP contribution in [0.4, 0.5) is 0 Å². The lowest BCUT2D eigenvalue weighted by molar-refractivity contribution is 0.0695. The highest BCUT2D eigenvalue weighted by molar-refractivity contribution is 5.90. The zero-order valence-corrected chi connectivity index (χ0v) is 15.5. The van der Waals surface area contributed by atoms with E-state index in [1.54, 1.807) is 0 Å². The van der Waals surface area contributed by atoms with Gasteiger partial charge in [-0.25, -0.2) is 4.79 Å². The fourth-order valence-corrected chi connectivity index (χ4v) is 3.81. The zero-order valence-electron chi connectivity index (χ0n) is 15.5. The van der Waals surface area contributed by atoms with Crippen LogP contribution < -0.4 is 0 Å². The summed E-state index contributed by atoms with van der Waals surface area (Å²) >= 11 is 0. The Morgan fingerprint density at radius 1 is 1.00 bits per heavy atom. The molecule has 0 bridgehead atoms. The molecule has 1 aliphatic rings. The van der Waals surface area contributed by atoms with E-state index in [0.29, 0.717) is 5.56 Å². The number of carboxylic acids is 1. The lowest BCUT2D eigenvalue weighted by Gasteiger charge is -2.42. The first-order valence-electron chi connectivity index (χ1n) is 9.10. The normalized spacial score (nSPS) is 18.5. The first-order chi connectivity index (χ1) is 10.7. The standard InChI is InChI=1S/C21H32O2/c1-6-7-8-9-10-15-13-17-18(14-16(15)19(22)23)21(4,5)12-11-20(17,2)3/h13-14H,6-12H2,1-5H3,(H,22,23). The highest BCUT2D eigenvalue weighted by atomic mass is 16.4. The van der Waals surface area contributed by atoms with Crippen LogP contribution in [0.15, 0.2) is 12.1 Å². The molecule has 1 aliphatic carbocycles. The van der Waals surface area contributed by atoms with Crippen LogP contribution >= 0.6 is 0 Å². The third-order valence-electron chi connectivity index (χ3n) is 5.61. The fourth-order valence-electron chi connectivity index (χ4n) is 3.81. The molecule has 0 radical (unpaired) electrons. The van der Waals surface area contributed by atoms with Crippen LogP contribution in [-0.2, 0) is 17.3 Å². The molecule has 1 N–H and O–H groups in total. The Morgan fingerprint density at radius 3 is 2.09 bits per heavy atom. The number of carboxylic acid groups (broad SMARTS) is 1. The topological polar surface area (TPSA) is 37.3 Å². The van der Waals surface area contributed by atoms with Crippen molar-refractivity contribution >= 4 is 5.97 Å². The van der Waals surface area contributed by atoms with Gasteiger partial charge in [-0.05, 0) is 59.3 Å². The van der Waals surface area contributed by atoms with Crippen molar-refractivity contribution in [1.29, 1.82) is 0 Å². The highest BCUT2D eigenvalue weighted by Gasteiger charge is 2.38. The summed E-state index contributed by atoms with van der Waals surface area (Å²) in [5, 5.41) is 9.67. The van der Waals surface area contributed by atoms with Gasteiger partial charge in [0.2, 0.25) is 0 Å². The summed E-state index contributed by atoms with van der Waals surface area (Å²) in [6.45, 7) is 11.3. The first-order valence-corrected chi connectivity index (χ1v) is 9.10. The van der Waals surface area contributed by atoms with Gasteiger partial charge in [0.25, 0.3) is 0 Å². The number of rotatable bonds is 6. The fraction of sp³-hybridized carbons (Fsp3) is 0.667. The van der Waals surface area contributed by atoms with Crippen molar-refractivity contribution in [2.45, 2.75) is 90.4 Å². The lowest BCUT2D eigenvalue weighted by atomic mass is 9.62. The van der Waals surface area contributed by atoms with Crippen LogP contribution in [0.3, 0.4) is 0 Å². The molecule has 0 unspecified atom stereocenters. The van der Waals surface area contributed by atoms with Crippen LogP contribution in [0, 0.1) is 0 Å². The molecule has 1 aromatic rings. The number of unbranched alkanes of at least 4 members (excludes halogenated alkanes) is 3. The van der Waals surface area contributed by atoms with Crippen molar-refractivity contribution in [2.75, 3.05) is 0 Å². The molecule has 2 rings (SSSR count). The van der Waals surface area contributed by atoms with E-state index in [0.717, 1.165) is 31.2 Å². The predicted molar refractivity (Wildman–Crippen MR) is 96.5 cm³/mol. The van der Waals surface area contributed by atoms with Gasteiger partial charge in [0.1, 0.15) is 0 Å². The Bertz CT molecular complexity index is 582. The lowest BCUT2D eigenvalue weighted by Crippen LogP contribution is -2.34. The van der Waals surface area contributed by atoms with E-state index < -0.39 is 5.97 Å². The second-order valence-electron chi connectivity index (χ2n) is 8.44. The molecule has 0 fully saturated rings. The van der Waals surface area contributed by atoms with E-state index in [1.807, 2.05) is 6.07 Å². The molecule has 1 aromatic carbocycles. The third-order valence-corrected chi connectivity index (χ3v) is 5.61. The monoisotopic (exact) mass is 316 g/mol. The Morgan fingerprint density at radius 2 is 1.57 bits per heavy atom. The molecule has 0 amide bonds. The molecule has 2 nitrogen and oxygen atoms in total. The van der Waals surface area contributed by atoms with Gasteiger partial charge in [-0.15, -0.1) is 0 Å². The quantitative estimate of drug-likeness (QED) is 0.668. The summed E-state index contributed by atoms with van der Waals surface area (Å²) in [4.78, 5) is 11.8. The van der Waals surface area contributed by atoms with Crippen LogP contribution in [0.2, 0.25) is 0 Å². The minimum absolute atomic E-state index is 0.0653. The summed E-state index contributed by atoms with van der Waals surface area (Å²) < 4.78 is 0. The summed E-state index contributed by atoms with van der Waals surface area (Å²) in [5.41, 5.74) is 4.35. The average Bonchev–Trinajstić information content (AvgIpc) is 2.48. The minimum atomic E-state index is -0.780. The van der Waals surface area contributed by atoms with Crippen molar-refractivity contribution in [1.82, 2.24) is 0 Å². The molecule has 0 spiro atoms. The summed E-state index contributed by atoms with van der Waals surface area (Å²) in [7, 11) is 0. The molecule has 0 saturated heterocycles. The number of fused-ring (bicyclic) bond motifs is 1. The average molecular weight is 316 g/mol. The largest absolute Gasteiger partial charge is 0.478 e. The summed E-state index contributed by atoms with van der Waals surface area (Å²) in [5.74, 6) is -0.780. The Kier molecular flexibility index (Phi) is 5.23. The maximum Gasteiger partial charge on any atom is 0.335 e. The molecule has 23 heavy (non-hydrogen) atoms. The van der Waals surface area contributed by atoms with E-state index >= 15 is 0 Å². The van der Waals surface area contributed by atoms with Crippen molar-refractivity contribution < 1.29 is 9.90 Å². The maximum atomic E-state index is 11.8. The van der Waals surface area contributed by atoms with Gasteiger partial charge in [0, 0.05) is 0 Å². The van der Waals surface area contributed by atoms with Crippen LogP contribution in [0.25, 0.3) is 0 Å². The molecular weight excluding hydrogens is 284 g/mol. The molecule has 0 aliphatic heterocycles. The Balaban J connectivity index is 2.45. The number of carbonyl (C=O) groups is 1. The SMILES string of the molecule is CCCCCCc1cc2c(cc1C(=O)O)C(C)(C)CCC2(C)C. The van der Waals surface area contributed by atoms with Crippen molar-refractivity contribution in [3.05, 3.63) is 34.4 Å². The van der Waals surface area contributed by atoms with Crippen LogP contribution in [0.5, 0.6) is 0 Å². The third kappa shape index (κ3) is 3.79. The van der Waals surface area contributed by atoms with Gasteiger partial charge < -0.3 is 5.11 Å². The van der Waals surface area contributed by atoms with Crippen molar-refractivity contribution in [3.8, 4) is 0 Å². The van der Waals surface area contributed by atoms with E-state index in [-0.39, 0.29) is 10.8 Å². The second-order valence-corrected chi connectivity index (χ2v) is 8.44. The molecule has 0 atom stereocenters. The van der Waals surface area contributed by atoms with Gasteiger partial charge in [0.05, 0.1) is 5.56 Å². The first kappa shape index (κ1) is 18.0. The summed E-state index contributed by atoms with van der Waals surface area (Å²) in [6.07, 6.45) is 7.85. The molecule has 0 aromatic heterocycles. The van der Waals surface area contributed by atoms with Crippen LogP contribution in [0.1, 0.15) is 100 Å². The summed E-state index contributed by atoms with van der Waals surface area (Å²) in [6, 6.07) is 4.19. The van der Waals surface area contributed by atoms with Gasteiger partial charge in [-0.3, -0.25) is 0 Å².